The van der Waals surface area contributed by atoms with E-state index in [1.165, 1.54) is 39.4 Å². The first kappa shape index (κ1) is 20.7. The Morgan fingerprint density at radius 3 is 2.41 bits per heavy atom. The van der Waals surface area contributed by atoms with Crippen LogP contribution in [-0.4, -0.2) is 53.4 Å². The molecule has 2 aromatic carbocycles. The molecule has 0 bridgehead atoms. The first-order chi connectivity index (χ1) is 12.7. The number of carbonyl (C=O) groups excluding carboxylic acids is 1. The van der Waals surface area contributed by atoms with Crippen molar-refractivity contribution in [1.82, 2.24) is 4.31 Å². The standard InChI is InChI=1S/C19H25N3O4S/c1-6-22(4)16-9-7-8-15(13-16)20-19(23)14-10-11-17(26-5)18(12-14)27(24,25)21(2)3/h7-13H,6H2,1-5H3,(H,20,23). The highest BCUT2D eigenvalue weighted by atomic mass is 32.2. The number of carbonyl (C=O) groups is 1. The van der Waals surface area contributed by atoms with Crippen LogP contribution in [0.5, 0.6) is 5.75 Å². The van der Waals surface area contributed by atoms with E-state index in [1.807, 2.05) is 37.1 Å². The molecule has 0 atom stereocenters. The lowest BCUT2D eigenvalue weighted by Gasteiger charge is -2.18. The van der Waals surface area contributed by atoms with Crippen LogP contribution in [0.3, 0.4) is 0 Å². The molecule has 0 radical (unpaired) electrons. The van der Waals surface area contributed by atoms with Crippen LogP contribution in [0.2, 0.25) is 0 Å². The maximum absolute atomic E-state index is 12.6. The predicted octanol–water partition coefficient (Wildman–Crippen LogP) is 2.65. The molecule has 8 heteroatoms. The number of hydrogen-bond donors (Lipinski definition) is 1. The molecular weight excluding hydrogens is 366 g/mol. The monoisotopic (exact) mass is 391 g/mol. The van der Waals surface area contributed by atoms with E-state index in [0.29, 0.717) is 5.69 Å². The Hall–Kier alpha value is -2.58. The lowest BCUT2D eigenvalue weighted by molar-refractivity contribution is 0.102. The normalized spacial score (nSPS) is 11.3. The van der Waals surface area contributed by atoms with Gasteiger partial charge in [-0.05, 0) is 43.3 Å². The van der Waals surface area contributed by atoms with E-state index in [-0.39, 0.29) is 16.2 Å². The van der Waals surface area contributed by atoms with Crippen molar-refractivity contribution in [2.75, 3.05) is 45.0 Å². The molecule has 146 valence electrons. The summed E-state index contributed by atoms with van der Waals surface area (Å²) in [5.74, 6) is -0.212. The fraction of sp³-hybridized carbons (Fsp3) is 0.316. The Kier molecular flexibility index (Phi) is 6.45. The number of rotatable bonds is 7. The second-order valence-corrected chi connectivity index (χ2v) is 8.29. The highest BCUT2D eigenvalue weighted by Crippen LogP contribution is 2.27. The van der Waals surface area contributed by atoms with E-state index in [1.54, 1.807) is 6.07 Å². The Balaban J connectivity index is 2.35. The number of benzene rings is 2. The van der Waals surface area contributed by atoms with Gasteiger partial charge in [0.05, 0.1) is 7.11 Å². The molecule has 0 saturated carbocycles. The van der Waals surface area contributed by atoms with Crippen molar-refractivity contribution in [2.45, 2.75) is 11.8 Å². The van der Waals surface area contributed by atoms with Crippen molar-refractivity contribution < 1.29 is 17.9 Å². The fourth-order valence-corrected chi connectivity index (χ4v) is 3.50. The molecule has 0 spiro atoms. The van der Waals surface area contributed by atoms with Gasteiger partial charge in [-0.3, -0.25) is 4.79 Å². The molecule has 27 heavy (non-hydrogen) atoms. The summed E-state index contributed by atoms with van der Waals surface area (Å²) in [6.45, 7) is 2.87. The molecule has 7 nitrogen and oxygen atoms in total. The third-order valence-electron chi connectivity index (χ3n) is 4.20. The fourth-order valence-electron chi connectivity index (χ4n) is 2.42. The summed E-state index contributed by atoms with van der Waals surface area (Å²) in [4.78, 5) is 14.6. The Morgan fingerprint density at radius 1 is 1.11 bits per heavy atom. The van der Waals surface area contributed by atoms with E-state index in [9.17, 15) is 13.2 Å². The minimum Gasteiger partial charge on any atom is -0.495 e. The average molecular weight is 391 g/mol. The Bertz CT molecular complexity index is 926. The van der Waals surface area contributed by atoms with Crippen molar-refractivity contribution >= 4 is 27.3 Å². The largest absolute Gasteiger partial charge is 0.495 e. The Labute approximate surface area is 160 Å². The van der Waals surface area contributed by atoms with Gasteiger partial charge < -0.3 is 15.0 Å². The molecule has 0 fully saturated rings. The van der Waals surface area contributed by atoms with E-state index in [0.717, 1.165) is 16.5 Å². The molecule has 0 aliphatic heterocycles. The summed E-state index contributed by atoms with van der Waals surface area (Å²) < 4.78 is 31.2. The summed E-state index contributed by atoms with van der Waals surface area (Å²) in [7, 11) is 2.46. The van der Waals surface area contributed by atoms with Crippen molar-refractivity contribution in [2.24, 2.45) is 0 Å². The molecule has 2 aromatic rings. The van der Waals surface area contributed by atoms with Crippen LogP contribution in [0.1, 0.15) is 17.3 Å². The zero-order valence-electron chi connectivity index (χ0n) is 16.2. The molecule has 0 heterocycles. The van der Waals surface area contributed by atoms with Gasteiger partial charge in [0.2, 0.25) is 10.0 Å². The third-order valence-corrected chi connectivity index (χ3v) is 6.04. The number of ether oxygens (including phenoxy) is 1. The van der Waals surface area contributed by atoms with Gasteiger partial charge in [0.25, 0.3) is 5.91 Å². The van der Waals surface area contributed by atoms with Crippen LogP contribution >= 0.6 is 0 Å². The van der Waals surface area contributed by atoms with Gasteiger partial charge in [0.1, 0.15) is 10.6 Å². The SMILES string of the molecule is CCN(C)c1cccc(NC(=O)c2ccc(OC)c(S(=O)(=O)N(C)C)c2)c1. The molecule has 1 N–H and O–H groups in total. The van der Waals surface area contributed by atoms with Crippen LogP contribution in [0.15, 0.2) is 47.4 Å². The molecular formula is C19H25N3O4S. The predicted molar refractivity (Wildman–Crippen MR) is 107 cm³/mol. The van der Waals surface area contributed by atoms with Gasteiger partial charge in [0, 0.05) is 44.6 Å². The summed E-state index contributed by atoms with van der Waals surface area (Å²) >= 11 is 0. The third kappa shape index (κ3) is 4.58. The van der Waals surface area contributed by atoms with Crippen molar-refractivity contribution in [3.05, 3.63) is 48.0 Å². The van der Waals surface area contributed by atoms with Crippen LogP contribution < -0.4 is 15.0 Å². The smallest absolute Gasteiger partial charge is 0.255 e. The number of anilines is 2. The van der Waals surface area contributed by atoms with Gasteiger partial charge >= 0.3 is 0 Å². The minimum atomic E-state index is -3.75. The quantitative estimate of drug-likeness (QED) is 0.785. The molecule has 0 saturated heterocycles. The maximum atomic E-state index is 12.6. The maximum Gasteiger partial charge on any atom is 0.255 e. The molecule has 0 unspecified atom stereocenters. The second kappa shape index (κ2) is 8.41. The zero-order valence-corrected chi connectivity index (χ0v) is 17.0. The van der Waals surface area contributed by atoms with E-state index < -0.39 is 15.9 Å². The number of amides is 1. The van der Waals surface area contributed by atoms with Gasteiger partial charge in [0.15, 0.2) is 0 Å². The second-order valence-electron chi connectivity index (χ2n) is 6.17. The number of nitrogens with one attached hydrogen (secondary N) is 1. The van der Waals surface area contributed by atoms with Crippen molar-refractivity contribution in [1.29, 1.82) is 0 Å². The first-order valence-corrected chi connectivity index (χ1v) is 9.87. The molecule has 0 aliphatic carbocycles. The zero-order chi connectivity index (χ0) is 20.2. The number of hydrogen-bond acceptors (Lipinski definition) is 5. The van der Waals surface area contributed by atoms with E-state index in [2.05, 4.69) is 5.32 Å². The topological polar surface area (TPSA) is 79.0 Å². The first-order valence-electron chi connectivity index (χ1n) is 8.43. The van der Waals surface area contributed by atoms with Crippen LogP contribution in [0.25, 0.3) is 0 Å². The highest BCUT2D eigenvalue weighted by molar-refractivity contribution is 7.89. The van der Waals surface area contributed by atoms with Gasteiger partial charge in [-0.2, -0.15) is 0 Å². The lowest BCUT2D eigenvalue weighted by Crippen LogP contribution is -2.23. The lowest BCUT2D eigenvalue weighted by atomic mass is 10.2. The number of methoxy groups -OCH3 is 1. The van der Waals surface area contributed by atoms with Crippen LogP contribution in [0.4, 0.5) is 11.4 Å². The minimum absolute atomic E-state index is 0.0536. The molecule has 0 aromatic heterocycles. The highest BCUT2D eigenvalue weighted by Gasteiger charge is 2.24. The summed E-state index contributed by atoms with van der Waals surface area (Å²) in [6, 6.07) is 11.8. The number of nitrogens with zero attached hydrogens (tertiary/aromatic N) is 2. The summed E-state index contributed by atoms with van der Waals surface area (Å²) in [5, 5.41) is 2.81. The van der Waals surface area contributed by atoms with Crippen LogP contribution in [0, 0.1) is 0 Å². The Morgan fingerprint density at radius 2 is 1.81 bits per heavy atom. The van der Waals surface area contributed by atoms with Crippen LogP contribution in [-0.2, 0) is 10.0 Å². The van der Waals surface area contributed by atoms with Gasteiger partial charge in [-0.1, -0.05) is 6.07 Å². The van der Waals surface area contributed by atoms with E-state index in [4.69, 9.17) is 4.74 Å². The molecule has 0 aliphatic rings. The van der Waals surface area contributed by atoms with Gasteiger partial charge in [-0.25, -0.2) is 12.7 Å². The van der Waals surface area contributed by atoms with Crippen molar-refractivity contribution in [3.63, 3.8) is 0 Å². The van der Waals surface area contributed by atoms with Gasteiger partial charge in [-0.15, -0.1) is 0 Å². The summed E-state index contributed by atoms with van der Waals surface area (Å²) in [6.07, 6.45) is 0. The molecule has 2 rings (SSSR count). The van der Waals surface area contributed by atoms with Crippen molar-refractivity contribution in [3.8, 4) is 5.75 Å². The van der Waals surface area contributed by atoms with E-state index >= 15 is 0 Å². The summed E-state index contributed by atoms with van der Waals surface area (Å²) in [5.41, 5.74) is 1.83. The average Bonchev–Trinajstić information content (AvgIpc) is 2.66. The molecule has 1 amide bonds. The number of sulfonamides is 1.